The standard InChI is InChI=1S/C10H12Br2O2/c1-6-4-7(12)2-3-8(6)10(14)9(13)5-11/h2-4,9-10,13-14H,5H2,1H3. The van der Waals surface area contributed by atoms with Crippen molar-refractivity contribution in [3.8, 4) is 0 Å². The Balaban J connectivity index is 2.95. The van der Waals surface area contributed by atoms with Gasteiger partial charge in [0.15, 0.2) is 0 Å². The molecule has 2 nitrogen and oxygen atoms in total. The first-order valence-electron chi connectivity index (χ1n) is 4.24. The predicted octanol–water partition coefficient (Wildman–Crippen LogP) is 2.55. The van der Waals surface area contributed by atoms with Gasteiger partial charge in [0, 0.05) is 9.80 Å². The Hall–Kier alpha value is 0.100. The molecule has 4 heteroatoms. The van der Waals surface area contributed by atoms with Crippen LogP contribution in [-0.4, -0.2) is 21.6 Å². The molecule has 0 aliphatic rings. The summed E-state index contributed by atoms with van der Waals surface area (Å²) in [5, 5.41) is 19.6. The van der Waals surface area contributed by atoms with E-state index in [2.05, 4.69) is 31.9 Å². The molecule has 2 N–H and O–H groups in total. The minimum absolute atomic E-state index is 0.365. The lowest BCUT2D eigenvalue weighted by Gasteiger charge is -2.18. The zero-order chi connectivity index (χ0) is 10.7. The Bertz CT molecular complexity index is 315. The molecular weight excluding hydrogens is 312 g/mol. The second-order valence-electron chi connectivity index (χ2n) is 3.17. The van der Waals surface area contributed by atoms with E-state index >= 15 is 0 Å². The highest BCUT2D eigenvalue weighted by Gasteiger charge is 2.18. The Morgan fingerprint density at radius 2 is 2.00 bits per heavy atom. The third kappa shape index (κ3) is 2.79. The summed E-state index contributed by atoms with van der Waals surface area (Å²) in [5.41, 5.74) is 1.73. The number of hydrogen-bond donors (Lipinski definition) is 2. The lowest BCUT2D eigenvalue weighted by Crippen LogP contribution is -2.20. The van der Waals surface area contributed by atoms with E-state index in [0.29, 0.717) is 5.33 Å². The first-order chi connectivity index (χ1) is 6.56. The molecule has 0 aliphatic heterocycles. The van der Waals surface area contributed by atoms with E-state index in [1.54, 1.807) is 0 Å². The highest BCUT2D eigenvalue weighted by Crippen LogP contribution is 2.24. The molecule has 0 heterocycles. The second-order valence-corrected chi connectivity index (χ2v) is 4.73. The maximum atomic E-state index is 9.77. The fourth-order valence-electron chi connectivity index (χ4n) is 1.26. The van der Waals surface area contributed by atoms with Gasteiger partial charge in [0.25, 0.3) is 0 Å². The fourth-order valence-corrected chi connectivity index (χ4v) is 2.09. The smallest absolute Gasteiger partial charge is 0.106 e. The lowest BCUT2D eigenvalue weighted by molar-refractivity contribution is 0.0339. The molecule has 0 aromatic heterocycles. The number of hydrogen-bond acceptors (Lipinski definition) is 2. The third-order valence-corrected chi connectivity index (χ3v) is 3.23. The van der Waals surface area contributed by atoms with Crippen molar-refractivity contribution < 1.29 is 10.2 Å². The number of halogens is 2. The largest absolute Gasteiger partial charge is 0.389 e. The quantitative estimate of drug-likeness (QED) is 0.839. The summed E-state index contributed by atoms with van der Waals surface area (Å²) in [7, 11) is 0. The van der Waals surface area contributed by atoms with Crippen molar-refractivity contribution in [2.45, 2.75) is 19.1 Å². The van der Waals surface area contributed by atoms with Gasteiger partial charge in [-0.2, -0.15) is 0 Å². The zero-order valence-electron chi connectivity index (χ0n) is 7.74. The molecule has 0 aliphatic carbocycles. The number of alkyl halides is 1. The van der Waals surface area contributed by atoms with Crippen LogP contribution in [0.2, 0.25) is 0 Å². The van der Waals surface area contributed by atoms with E-state index in [1.807, 2.05) is 25.1 Å². The summed E-state index contributed by atoms with van der Waals surface area (Å²) in [6.07, 6.45) is -1.60. The van der Waals surface area contributed by atoms with Crippen LogP contribution in [0.25, 0.3) is 0 Å². The van der Waals surface area contributed by atoms with Crippen molar-refractivity contribution in [2.75, 3.05) is 5.33 Å². The molecular formula is C10H12Br2O2. The van der Waals surface area contributed by atoms with Gasteiger partial charge >= 0.3 is 0 Å². The summed E-state index contributed by atoms with van der Waals surface area (Å²) in [4.78, 5) is 0. The number of aliphatic hydroxyl groups excluding tert-OH is 2. The van der Waals surface area contributed by atoms with Gasteiger partial charge in [-0.25, -0.2) is 0 Å². The molecule has 0 amide bonds. The van der Waals surface area contributed by atoms with Gasteiger partial charge in [-0.15, -0.1) is 0 Å². The molecule has 0 fully saturated rings. The molecule has 0 saturated carbocycles. The first kappa shape index (κ1) is 12.2. The molecule has 2 atom stereocenters. The van der Waals surface area contributed by atoms with Gasteiger partial charge in [0.05, 0.1) is 6.10 Å². The topological polar surface area (TPSA) is 40.5 Å². The van der Waals surface area contributed by atoms with E-state index in [9.17, 15) is 10.2 Å². The Morgan fingerprint density at radius 3 is 2.50 bits per heavy atom. The van der Waals surface area contributed by atoms with E-state index in [1.165, 1.54) is 0 Å². The van der Waals surface area contributed by atoms with Gasteiger partial charge in [-0.1, -0.05) is 37.9 Å². The van der Waals surface area contributed by atoms with Crippen molar-refractivity contribution in [2.24, 2.45) is 0 Å². The third-order valence-electron chi connectivity index (χ3n) is 2.07. The van der Waals surface area contributed by atoms with Crippen LogP contribution < -0.4 is 0 Å². The lowest BCUT2D eigenvalue weighted by atomic mass is 10.0. The molecule has 0 saturated heterocycles. The summed E-state index contributed by atoms with van der Waals surface area (Å²) in [6, 6.07) is 5.59. The Kier molecular flexibility index (Phi) is 4.57. The van der Waals surface area contributed by atoms with Crippen molar-refractivity contribution in [1.82, 2.24) is 0 Å². The SMILES string of the molecule is Cc1cc(Br)ccc1C(O)C(O)CBr. The number of aliphatic hydroxyl groups is 2. The predicted molar refractivity (Wildman–Crippen MR) is 63.6 cm³/mol. The van der Waals surface area contributed by atoms with Crippen LogP contribution in [0.5, 0.6) is 0 Å². The summed E-state index contributed by atoms with van der Waals surface area (Å²) < 4.78 is 0.972. The molecule has 0 bridgehead atoms. The minimum atomic E-state index is -0.831. The molecule has 1 aromatic rings. The summed E-state index contributed by atoms with van der Waals surface area (Å²) >= 11 is 6.48. The summed E-state index contributed by atoms with van der Waals surface area (Å²) in [5.74, 6) is 0. The van der Waals surface area contributed by atoms with Crippen molar-refractivity contribution in [3.63, 3.8) is 0 Å². The highest BCUT2D eigenvalue weighted by molar-refractivity contribution is 9.10. The molecule has 2 unspecified atom stereocenters. The summed E-state index contributed by atoms with van der Waals surface area (Å²) in [6.45, 7) is 1.91. The first-order valence-corrected chi connectivity index (χ1v) is 6.16. The molecule has 1 aromatic carbocycles. The fraction of sp³-hybridized carbons (Fsp3) is 0.400. The van der Waals surface area contributed by atoms with Gasteiger partial charge in [-0.3, -0.25) is 0 Å². The van der Waals surface area contributed by atoms with Crippen LogP contribution in [0.15, 0.2) is 22.7 Å². The van der Waals surface area contributed by atoms with E-state index in [-0.39, 0.29) is 0 Å². The molecule has 0 radical (unpaired) electrons. The van der Waals surface area contributed by atoms with Crippen LogP contribution >= 0.6 is 31.9 Å². The second kappa shape index (κ2) is 5.26. The van der Waals surface area contributed by atoms with Crippen LogP contribution in [-0.2, 0) is 0 Å². The Labute approximate surface area is 100 Å². The van der Waals surface area contributed by atoms with Gasteiger partial charge in [0.2, 0.25) is 0 Å². The van der Waals surface area contributed by atoms with Crippen LogP contribution in [0.1, 0.15) is 17.2 Å². The van der Waals surface area contributed by atoms with Gasteiger partial charge in [0.1, 0.15) is 6.10 Å². The average Bonchev–Trinajstić information content (AvgIpc) is 2.15. The number of benzene rings is 1. The van der Waals surface area contributed by atoms with Crippen molar-refractivity contribution in [3.05, 3.63) is 33.8 Å². The molecule has 78 valence electrons. The molecule has 0 spiro atoms. The van der Waals surface area contributed by atoms with Crippen molar-refractivity contribution in [1.29, 1.82) is 0 Å². The normalized spacial score (nSPS) is 15.2. The minimum Gasteiger partial charge on any atom is -0.389 e. The van der Waals surface area contributed by atoms with Crippen LogP contribution in [0, 0.1) is 6.92 Å². The zero-order valence-corrected chi connectivity index (χ0v) is 10.9. The maximum Gasteiger partial charge on any atom is 0.106 e. The molecule has 14 heavy (non-hydrogen) atoms. The van der Waals surface area contributed by atoms with Crippen LogP contribution in [0.3, 0.4) is 0 Å². The van der Waals surface area contributed by atoms with E-state index in [0.717, 1.165) is 15.6 Å². The highest BCUT2D eigenvalue weighted by atomic mass is 79.9. The number of rotatable bonds is 3. The maximum absolute atomic E-state index is 9.77. The monoisotopic (exact) mass is 322 g/mol. The Morgan fingerprint density at radius 1 is 1.36 bits per heavy atom. The van der Waals surface area contributed by atoms with Crippen molar-refractivity contribution >= 4 is 31.9 Å². The number of aryl methyl sites for hydroxylation is 1. The van der Waals surface area contributed by atoms with Gasteiger partial charge < -0.3 is 10.2 Å². The van der Waals surface area contributed by atoms with Gasteiger partial charge in [-0.05, 0) is 30.2 Å². The average molecular weight is 324 g/mol. The van der Waals surface area contributed by atoms with Crippen LogP contribution in [0.4, 0.5) is 0 Å². The van der Waals surface area contributed by atoms with E-state index in [4.69, 9.17) is 0 Å². The molecule has 1 rings (SSSR count). The van der Waals surface area contributed by atoms with E-state index < -0.39 is 12.2 Å².